The van der Waals surface area contributed by atoms with Crippen molar-refractivity contribution in [2.24, 2.45) is 0 Å². The molecule has 0 bridgehead atoms. The van der Waals surface area contributed by atoms with E-state index >= 15 is 0 Å². The topological polar surface area (TPSA) is 47.6 Å². The number of ether oxygens (including phenoxy) is 2. The number of rotatable bonds is 12. The predicted octanol–water partition coefficient (Wildman–Crippen LogP) is 7.26. The summed E-state index contributed by atoms with van der Waals surface area (Å²) in [5.74, 6) is 1.26. The van der Waals surface area contributed by atoms with E-state index < -0.39 is 0 Å². The Bertz CT molecular complexity index is 1350. The molecule has 0 spiro atoms. The maximum atomic E-state index is 13.4. The van der Waals surface area contributed by atoms with Crippen molar-refractivity contribution in [3.8, 4) is 11.5 Å². The zero-order valence-corrected chi connectivity index (χ0v) is 22.8. The van der Waals surface area contributed by atoms with Crippen LogP contribution in [0.2, 0.25) is 0 Å². The standard InChI is InChI=1S/C34H37NO3/c1-25-13-11-12-18-29(25)21-34(3,4)35-22-31(36)30-19-20-32(37-23-27-14-7-5-8-15-27)33(26(30)2)38-24-28-16-9-6-10-17-28/h5-20,35H,21-24H2,1-4H3. The van der Waals surface area contributed by atoms with Gasteiger partial charge in [-0.3, -0.25) is 4.79 Å². The number of ketones is 1. The Balaban J connectivity index is 1.50. The molecule has 0 fully saturated rings. The van der Waals surface area contributed by atoms with E-state index in [1.807, 2.05) is 79.7 Å². The molecule has 4 heteroatoms. The first-order valence-electron chi connectivity index (χ1n) is 13.1. The van der Waals surface area contributed by atoms with Crippen molar-refractivity contribution in [2.75, 3.05) is 6.54 Å². The SMILES string of the molecule is Cc1ccccc1CC(C)(C)NCC(=O)c1ccc(OCc2ccccc2)c(OCc2ccccc2)c1C. The Kier molecular flexibility index (Phi) is 8.98. The van der Waals surface area contributed by atoms with Crippen molar-refractivity contribution in [3.05, 3.63) is 130 Å². The number of hydrogen-bond donors (Lipinski definition) is 1. The van der Waals surface area contributed by atoms with E-state index in [2.05, 4.69) is 50.4 Å². The lowest BCUT2D eigenvalue weighted by molar-refractivity contribution is 0.0979. The molecule has 0 heterocycles. The van der Waals surface area contributed by atoms with Gasteiger partial charge in [-0.25, -0.2) is 0 Å². The fourth-order valence-corrected chi connectivity index (χ4v) is 4.49. The fourth-order valence-electron chi connectivity index (χ4n) is 4.49. The van der Waals surface area contributed by atoms with E-state index in [0.717, 1.165) is 23.1 Å². The molecule has 0 radical (unpaired) electrons. The minimum Gasteiger partial charge on any atom is -0.485 e. The Morgan fingerprint density at radius 2 is 1.32 bits per heavy atom. The van der Waals surface area contributed by atoms with Gasteiger partial charge in [0, 0.05) is 16.7 Å². The second kappa shape index (κ2) is 12.6. The molecule has 0 aliphatic carbocycles. The Morgan fingerprint density at radius 1 is 0.737 bits per heavy atom. The van der Waals surface area contributed by atoms with E-state index in [1.165, 1.54) is 11.1 Å². The van der Waals surface area contributed by atoms with Crippen LogP contribution in [0.25, 0.3) is 0 Å². The highest BCUT2D eigenvalue weighted by Gasteiger charge is 2.23. The number of carbonyl (C=O) groups excluding carboxylic acids is 1. The second-order valence-electron chi connectivity index (χ2n) is 10.4. The summed E-state index contributed by atoms with van der Waals surface area (Å²) in [6, 6.07) is 32.1. The third-order valence-electron chi connectivity index (χ3n) is 6.75. The first-order chi connectivity index (χ1) is 18.3. The van der Waals surface area contributed by atoms with Crippen LogP contribution < -0.4 is 14.8 Å². The van der Waals surface area contributed by atoms with Crippen LogP contribution in [-0.2, 0) is 19.6 Å². The maximum Gasteiger partial charge on any atom is 0.177 e. The predicted molar refractivity (Wildman–Crippen MR) is 154 cm³/mol. The van der Waals surface area contributed by atoms with Gasteiger partial charge in [0.15, 0.2) is 17.3 Å². The molecule has 0 aliphatic rings. The van der Waals surface area contributed by atoms with Gasteiger partial charge < -0.3 is 14.8 Å². The van der Waals surface area contributed by atoms with E-state index in [1.54, 1.807) is 0 Å². The van der Waals surface area contributed by atoms with E-state index in [-0.39, 0.29) is 17.9 Å². The highest BCUT2D eigenvalue weighted by molar-refractivity contribution is 5.99. The number of benzene rings is 4. The monoisotopic (exact) mass is 507 g/mol. The minimum absolute atomic E-state index is 0.0273. The molecular formula is C34H37NO3. The number of carbonyl (C=O) groups is 1. The number of aryl methyl sites for hydroxylation is 1. The largest absolute Gasteiger partial charge is 0.485 e. The van der Waals surface area contributed by atoms with Crippen molar-refractivity contribution >= 4 is 5.78 Å². The summed E-state index contributed by atoms with van der Waals surface area (Å²) < 4.78 is 12.4. The molecular weight excluding hydrogens is 470 g/mol. The normalized spacial score (nSPS) is 11.3. The van der Waals surface area contributed by atoms with Gasteiger partial charge in [0.1, 0.15) is 13.2 Å². The summed E-state index contributed by atoms with van der Waals surface area (Å²) in [7, 11) is 0. The molecule has 0 unspecified atom stereocenters. The second-order valence-corrected chi connectivity index (χ2v) is 10.4. The highest BCUT2D eigenvalue weighted by Crippen LogP contribution is 2.35. The quantitative estimate of drug-likeness (QED) is 0.205. The van der Waals surface area contributed by atoms with Crippen LogP contribution in [0.4, 0.5) is 0 Å². The fraction of sp³-hybridized carbons (Fsp3) is 0.265. The zero-order valence-electron chi connectivity index (χ0n) is 22.8. The van der Waals surface area contributed by atoms with Gasteiger partial charge in [-0.15, -0.1) is 0 Å². The van der Waals surface area contributed by atoms with Crippen molar-refractivity contribution in [1.82, 2.24) is 5.32 Å². The first kappa shape index (κ1) is 27.2. The summed E-state index contributed by atoms with van der Waals surface area (Å²) in [6.45, 7) is 9.37. The number of nitrogens with one attached hydrogen (secondary N) is 1. The molecule has 0 aliphatic heterocycles. The molecule has 4 aromatic rings. The molecule has 4 rings (SSSR count). The lowest BCUT2D eigenvalue weighted by atomic mass is 9.92. The van der Waals surface area contributed by atoms with Gasteiger partial charge in [0.25, 0.3) is 0 Å². The van der Waals surface area contributed by atoms with Crippen LogP contribution in [0.5, 0.6) is 11.5 Å². The third kappa shape index (κ3) is 7.33. The lowest BCUT2D eigenvalue weighted by Crippen LogP contribution is -2.44. The van der Waals surface area contributed by atoms with Crippen LogP contribution in [0.1, 0.15) is 52.0 Å². The molecule has 4 aromatic carbocycles. The summed E-state index contributed by atoms with van der Waals surface area (Å²) in [4.78, 5) is 13.4. The van der Waals surface area contributed by atoms with Gasteiger partial charge in [-0.05, 0) is 68.5 Å². The summed E-state index contributed by atoms with van der Waals surface area (Å²) in [6.07, 6.45) is 0.837. The van der Waals surface area contributed by atoms with Crippen molar-refractivity contribution in [3.63, 3.8) is 0 Å². The zero-order chi connectivity index (χ0) is 27.0. The van der Waals surface area contributed by atoms with Gasteiger partial charge in [-0.1, -0.05) is 84.9 Å². The van der Waals surface area contributed by atoms with Crippen LogP contribution in [0.3, 0.4) is 0 Å². The third-order valence-corrected chi connectivity index (χ3v) is 6.75. The highest BCUT2D eigenvalue weighted by atomic mass is 16.5. The molecule has 196 valence electrons. The van der Waals surface area contributed by atoms with Crippen molar-refractivity contribution in [1.29, 1.82) is 0 Å². The maximum absolute atomic E-state index is 13.4. The average Bonchev–Trinajstić information content (AvgIpc) is 2.92. The van der Waals surface area contributed by atoms with Crippen LogP contribution >= 0.6 is 0 Å². The van der Waals surface area contributed by atoms with E-state index in [9.17, 15) is 4.79 Å². The number of hydrogen-bond acceptors (Lipinski definition) is 4. The average molecular weight is 508 g/mol. The van der Waals surface area contributed by atoms with Crippen molar-refractivity contribution in [2.45, 2.75) is 52.9 Å². The minimum atomic E-state index is -0.235. The van der Waals surface area contributed by atoms with Gasteiger partial charge in [0.05, 0.1) is 6.54 Å². The molecule has 0 atom stereocenters. The Hall–Kier alpha value is -3.89. The molecule has 0 saturated carbocycles. The van der Waals surface area contributed by atoms with Gasteiger partial charge >= 0.3 is 0 Å². The Morgan fingerprint density at radius 3 is 1.95 bits per heavy atom. The van der Waals surface area contributed by atoms with Gasteiger partial charge in [-0.2, -0.15) is 0 Å². The Labute approximate surface area is 226 Å². The first-order valence-corrected chi connectivity index (χ1v) is 13.1. The van der Waals surface area contributed by atoms with E-state index in [4.69, 9.17) is 9.47 Å². The molecule has 1 N–H and O–H groups in total. The van der Waals surface area contributed by atoms with Crippen LogP contribution in [-0.4, -0.2) is 17.9 Å². The van der Waals surface area contributed by atoms with Crippen LogP contribution in [0, 0.1) is 13.8 Å². The molecule has 0 amide bonds. The van der Waals surface area contributed by atoms with E-state index in [0.29, 0.717) is 30.3 Å². The summed E-state index contributed by atoms with van der Waals surface area (Å²) >= 11 is 0. The molecule has 4 nitrogen and oxygen atoms in total. The van der Waals surface area contributed by atoms with Crippen LogP contribution in [0.15, 0.2) is 97.1 Å². The van der Waals surface area contributed by atoms with Crippen molar-refractivity contribution < 1.29 is 14.3 Å². The molecule has 38 heavy (non-hydrogen) atoms. The summed E-state index contributed by atoms with van der Waals surface area (Å²) in [5.41, 5.74) is 5.85. The smallest absolute Gasteiger partial charge is 0.177 e. The lowest BCUT2D eigenvalue weighted by Gasteiger charge is -2.27. The summed E-state index contributed by atoms with van der Waals surface area (Å²) in [5, 5.41) is 3.48. The molecule has 0 saturated heterocycles. The van der Waals surface area contributed by atoms with Gasteiger partial charge in [0.2, 0.25) is 0 Å². The number of Topliss-reactive ketones (excluding diaryl/α,β-unsaturated/α-hetero) is 1. The molecule has 0 aromatic heterocycles.